The summed E-state index contributed by atoms with van der Waals surface area (Å²) in [5.41, 5.74) is 0.0463. The van der Waals surface area contributed by atoms with E-state index in [-0.39, 0.29) is 13.6 Å². The average Bonchev–Trinajstić information content (AvgIpc) is 1.61. The third kappa shape index (κ3) is 1.24. The fourth-order valence-corrected chi connectivity index (χ4v) is 3.05. The monoisotopic (exact) mass is 146 g/mol. The Kier molecular flexibility index (Phi) is 2.07. The zero-order chi connectivity index (χ0) is 6.85. The Morgan fingerprint density at radius 2 is 2.56 bits per heavy atom. The molecule has 1 aliphatic rings. The number of carboxylic acid groups (broad SMARTS) is 1. The van der Waals surface area contributed by atoms with Gasteiger partial charge in [-0.3, -0.25) is 4.79 Å². The van der Waals surface area contributed by atoms with Crippen molar-refractivity contribution in [2.75, 3.05) is 12.3 Å². The lowest BCUT2D eigenvalue weighted by Crippen LogP contribution is -2.29. The summed E-state index contributed by atoms with van der Waals surface area (Å²) in [6.07, 6.45) is 3.20. The molecule has 3 heteroatoms. The zero-order valence-corrected chi connectivity index (χ0v) is 6.40. The van der Waals surface area contributed by atoms with Gasteiger partial charge in [0.15, 0.2) is 0 Å². The van der Waals surface area contributed by atoms with Gasteiger partial charge in [-0.15, -0.1) is 0 Å². The van der Waals surface area contributed by atoms with E-state index in [0.29, 0.717) is 0 Å². The maximum Gasteiger partial charge on any atom is 0.310 e. The Bertz CT molecular complexity index is 122. The highest BCUT2D eigenvalue weighted by atomic mass is 31.1. The normalized spacial score (nSPS) is 33.4. The topological polar surface area (TPSA) is 37.3 Å². The van der Waals surface area contributed by atoms with Crippen LogP contribution < -0.4 is 0 Å². The van der Waals surface area contributed by atoms with Gasteiger partial charge in [0.1, 0.15) is 0 Å². The first kappa shape index (κ1) is 7.01. The molecule has 0 aromatic rings. The van der Waals surface area contributed by atoms with Crippen molar-refractivity contribution in [2.45, 2.75) is 19.0 Å². The van der Waals surface area contributed by atoms with Crippen molar-refractivity contribution >= 4 is 13.9 Å². The summed E-state index contributed by atoms with van der Waals surface area (Å²) >= 11 is 0. The summed E-state index contributed by atoms with van der Waals surface area (Å²) in [6, 6.07) is 0. The molecule has 0 radical (unpaired) electrons. The lowest BCUT2D eigenvalue weighted by molar-refractivity contribution is -0.136. The van der Waals surface area contributed by atoms with Crippen LogP contribution >= 0.6 is 7.92 Å². The molecule has 2 atom stereocenters. The summed E-state index contributed by atoms with van der Waals surface area (Å²) in [5, 5.41) is 8.55. The first-order valence-corrected chi connectivity index (χ1v) is 5.00. The molecule has 0 saturated carbocycles. The number of carboxylic acids is 1. The van der Waals surface area contributed by atoms with Crippen LogP contribution in [0.3, 0.4) is 0 Å². The minimum atomic E-state index is -0.575. The van der Waals surface area contributed by atoms with Gasteiger partial charge >= 0.3 is 5.97 Å². The van der Waals surface area contributed by atoms with Gasteiger partial charge in [0, 0.05) is 0 Å². The Morgan fingerprint density at radius 1 is 1.89 bits per heavy atom. The van der Waals surface area contributed by atoms with Gasteiger partial charge < -0.3 is 5.11 Å². The largest absolute Gasteiger partial charge is 0.481 e. The van der Waals surface area contributed by atoms with Crippen molar-refractivity contribution in [3.05, 3.63) is 0 Å². The third-order valence-electron chi connectivity index (χ3n) is 1.82. The SMILES string of the molecule is CCP1CCC1C(=O)O. The Morgan fingerprint density at radius 3 is 2.67 bits per heavy atom. The van der Waals surface area contributed by atoms with E-state index < -0.39 is 5.97 Å². The molecule has 1 rings (SSSR count). The van der Waals surface area contributed by atoms with E-state index >= 15 is 0 Å². The van der Waals surface area contributed by atoms with Gasteiger partial charge in [-0.2, -0.15) is 0 Å². The maximum atomic E-state index is 10.4. The van der Waals surface area contributed by atoms with Crippen LogP contribution in [0.2, 0.25) is 0 Å². The van der Waals surface area contributed by atoms with E-state index in [1.807, 2.05) is 0 Å². The quantitative estimate of drug-likeness (QED) is 0.597. The van der Waals surface area contributed by atoms with Crippen molar-refractivity contribution in [1.82, 2.24) is 0 Å². The predicted octanol–water partition coefficient (Wildman–Crippen LogP) is 1.35. The lowest BCUT2D eigenvalue weighted by Gasteiger charge is -2.32. The molecule has 0 aliphatic carbocycles. The van der Waals surface area contributed by atoms with Crippen LogP contribution in [0, 0.1) is 0 Å². The molecule has 1 N–H and O–H groups in total. The second-order valence-electron chi connectivity index (χ2n) is 2.27. The van der Waals surface area contributed by atoms with E-state index in [1.54, 1.807) is 0 Å². The molecular formula is C6H11O2P. The van der Waals surface area contributed by atoms with Crippen molar-refractivity contribution in [1.29, 1.82) is 0 Å². The smallest absolute Gasteiger partial charge is 0.310 e. The average molecular weight is 146 g/mol. The van der Waals surface area contributed by atoms with Crippen molar-refractivity contribution < 1.29 is 9.90 Å². The summed E-state index contributed by atoms with van der Waals surface area (Å²) < 4.78 is 0. The van der Waals surface area contributed by atoms with Crippen LogP contribution in [0.1, 0.15) is 13.3 Å². The molecule has 1 fully saturated rings. The zero-order valence-electron chi connectivity index (χ0n) is 5.50. The Hall–Kier alpha value is -0.100. The molecule has 0 bridgehead atoms. The molecule has 9 heavy (non-hydrogen) atoms. The summed E-state index contributed by atoms with van der Waals surface area (Å²) in [5.74, 6) is -0.575. The van der Waals surface area contributed by atoms with E-state index in [2.05, 4.69) is 6.92 Å². The second-order valence-corrected chi connectivity index (χ2v) is 5.15. The van der Waals surface area contributed by atoms with Crippen LogP contribution in [0.5, 0.6) is 0 Å². The summed E-state index contributed by atoms with van der Waals surface area (Å²) in [6.45, 7) is 2.08. The van der Waals surface area contributed by atoms with Crippen LogP contribution in [0.15, 0.2) is 0 Å². The standard InChI is InChI=1S/C6H11O2P/c1-2-9-4-3-5(9)6(7)8/h5H,2-4H2,1H3,(H,7,8). The fraction of sp³-hybridized carbons (Fsp3) is 0.833. The highest BCUT2D eigenvalue weighted by Crippen LogP contribution is 2.52. The van der Waals surface area contributed by atoms with E-state index in [0.717, 1.165) is 12.6 Å². The second kappa shape index (κ2) is 2.66. The molecule has 1 heterocycles. The first-order chi connectivity index (χ1) is 4.25. The van der Waals surface area contributed by atoms with E-state index in [9.17, 15) is 4.79 Å². The van der Waals surface area contributed by atoms with Gasteiger partial charge in [0.25, 0.3) is 0 Å². The summed E-state index contributed by atoms with van der Waals surface area (Å²) in [4.78, 5) is 10.4. The van der Waals surface area contributed by atoms with Gasteiger partial charge in [-0.05, 0) is 18.7 Å². The molecular weight excluding hydrogens is 135 g/mol. The molecule has 2 nitrogen and oxygen atoms in total. The predicted molar refractivity (Wildman–Crippen MR) is 38.4 cm³/mol. The van der Waals surface area contributed by atoms with Crippen LogP contribution in [-0.4, -0.2) is 29.1 Å². The summed E-state index contributed by atoms with van der Waals surface area (Å²) in [7, 11) is -0.0980. The van der Waals surface area contributed by atoms with Gasteiger partial charge in [-0.25, -0.2) is 0 Å². The van der Waals surface area contributed by atoms with E-state index in [1.165, 1.54) is 6.16 Å². The minimum absolute atomic E-state index is 0.0463. The van der Waals surface area contributed by atoms with Crippen LogP contribution in [0.4, 0.5) is 0 Å². The van der Waals surface area contributed by atoms with Gasteiger partial charge in [0.2, 0.25) is 0 Å². The van der Waals surface area contributed by atoms with Crippen LogP contribution in [0.25, 0.3) is 0 Å². The number of hydrogen-bond acceptors (Lipinski definition) is 1. The highest BCUT2D eigenvalue weighted by Gasteiger charge is 2.34. The third-order valence-corrected chi connectivity index (χ3v) is 4.83. The molecule has 52 valence electrons. The number of aliphatic carboxylic acids is 1. The Balaban J connectivity index is 2.35. The van der Waals surface area contributed by atoms with Gasteiger partial charge in [-0.1, -0.05) is 14.8 Å². The number of rotatable bonds is 2. The maximum absolute atomic E-state index is 10.4. The molecule has 0 amide bonds. The van der Waals surface area contributed by atoms with Crippen molar-refractivity contribution in [3.8, 4) is 0 Å². The minimum Gasteiger partial charge on any atom is -0.481 e. The molecule has 1 aliphatic heterocycles. The van der Waals surface area contributed by atoms with Crippen molar-refractivity contribution in [3.63, 3.8) is 0 Å². The lowest BCUT2D eigenvalue weighted by atomic mass is 10.3. The number of hydrogen-bond donors (Lipinski definition) is 1. The van der Waals surface area contributed by atoms with Crippen molar-refractivity contribution in [2.24, 2.45) is 0 Å². The first-order valence-electron chi connectivity index (χ1n) is 3.22. The molecule has 0 aromatic carbocycles. The van der Waals surface area contributed by atoms with E-state index in [4.69, 9.17) is 5.11 Å². The highest BCUT2D eigenvalue weighted by molar-refractivity contribution is 7.61. The number of carbonyl (C=O) groups is 1. The molecule has 0 spiro atoms. The molecule has 0 aromatic heterocycles. The fourth-order valence-electron chi connectivity index (χ4n) is 1.10. The molecule has 1 saturated heterocycles. The van der Waals surface area contributed by atoms with Crippen LogP contribution in [-0.2, 0) is 4.79 Å². The Labute approximate surface area is 56.0 Å². The molecule has 2 unspecified atom stereocenters. The van der Waals surface area contributed by atoms with Gasteiger partial charge in [0.05, 0.1) is 5.66 Å².